The number of aromatic nitrogens is 2. The molecule has 1 aromatic heterocycles. The van der Waals surface area contributed by atoms with Crippen LogP contribution in [0, 0.1) is 0 Å². The van der Waals surface area contributed by atoms with Gasteiger partial charge in [0, 0.05) is 61.9 Å². The van der Waals surface area contributed by atoms with Gasteiger partial charge in [-0.1, -0.05) is 6.07 Å². The summed E-state index contributed by atoms with van der Waals surface area (Å²) in [7, 11) is 0. The van der Waals surface area contributed by atoms with Gasteiger partial charge in [0.2, 0.25) is 11.8 Å². The molecule has 0 aliphatic carbocycles. The zero-order valence-corrected chi connectivity index (χ0v) is 22.0. The van der Waals surface area contributed by atoms with Crippen LogP contribution < -0.4 is 21.1 Å². The molecular weight excluding hydrogens is 511 g/mol. The molecule has 4 rings (SSSR count). The van der Waals surface area contributed by atoms with Gasteiger partial charge >= 0.3 is 12.2 Å². The van der Waals surface area contributed by atoms with Crippen LogP contribution in [0.15, 0.2) is 54.7 Å². The largest absolute Gasteiger partial charge is 0.439 e. The molecule has 1 fully saturated rings. The van der Waals surface area contributed by atoms with Crippen molar-refractivity contribution in [3.63, 3.8) is 0 Å². The normalized spacial score (nSPS) is 15.1. The van der Waals surface area contributed by atoms with E-state index in [0.717, 1.165) is 19.2 Å². The summed E-state index contributed by atoms with van der Waals surface area (Å²) in [5, 5.41) is 5.08. The van der Waals surface area contributed by atoms with Gasteiger partial charge in [0.15, 0.2) is 0 Å². The van der Waals surface area contributed by atoms with Crippen molar-refractivity contribution >= 4 is 23.4 Å². The lowest BCUT2D eigenvalue weighted by Gasteiger charge is -2.42. The number of halogens is 3. The molecule has 2 heterocycles. The number of hydrogen-bond acceptors (Lipinski definition) is 7. The number of nitrogen functional groups attached to an aromatic ring is 1. The number of carbonyl (C=O) groups excluding carboxylic acids is 1. The van der Waals surface area contributed by atoms with Crippen molar-refractivity contribution in [2.24, 2.45) is 0 Å². The van der Waals surface area contributed by atoms with E-state index in [1.165, 1.54) is 18.3 Å². The molecule has 0 unspecified atom stereocenters. The first kappa shape index (κ1) is 28.1. The van der Waals surface area contributed by atoms with Crippen LogP contribution in [-0.2, 0) is 12.7 Å². The van der Waals surface area contributed by atoms with Gasteiger partial charge in [0.05, 0.1) is 5.56 Å². The lowest BCUT2D eigenvalue weighted by molar-refractivity contribution is -0.138. The number of ether oxygens (including phenoxy) is 1. The van der Waals surface area contributed by atoms with E-state index in [4.69, 9.17) is 10.5 Å². The van der Waals surface area contributed by atoms with Crippen molar-refractivity contribution in [1.29, 1.82) is 0 Å². The maximum atomic E-state index is 13.9. The third-order valence-electron chi connectivity index (χ3n) is 6.37. The Morgan fingerprint density at radius 3 is 2.23 bits per heavy atom. The van der Waals surface area contributed by atoms with Crippen molar-refractivity contribution in [3.05, 3.63) is 65.9 Å². The summed E-state index contributed by atoms with van der Waals surface area (Å²) in [6.45, 7) is 9.56. The Kier molecular flexibility index (Phi) is 8.26. The number of piperazine rings is 1. The molecule has 1 aliphatic heterocycles. The SMILES string of the molecule is CC(C)(C)N1CCN(Cc2ccc(NC(=O)Nc3ccc(Oc4ccnc(N)n4)cc3)cc2C(F)(F)F)CC1. The average molecular weight is 544 g/mol. The van der Waals surface area contributed by atoms with E-state index in [9.17, 15) is 18.0 Å². The summed E-state index contributed by atoms with van der Waals surface area (Å²) in [5.41, 5.74) is 5.44. The van der Waals surface area contributed by atoms with Crippen molar-refractivity contribution in [2.75, 3.05) is 42.5 Å². The first-order valence-corrected chi connectivity index (χ1v) is 12.5. The Balaban J connectivity index is 1.37. The molecule has 0 atom stereocenters. The summed E-state index contributed by atoms with van der Waals surface area (Å²) < 4.78 is 47.3. The standard InChI is InChI=1S/C27H32F3N7O2/c1-26(2,3)37-14-12-36(13-15-37)17-18-4-5-20(16-22(18)27(28,29)30)34-25(38)33-19-6-8-21(9-7-19)39-23-10-11-32-24(31)35-23/h4-11,16H,12-15,17H2,1-3H3,(H2,31,32,35)(H2,33,34,38). The van der Waals surface area contributed by atoms with Crippen LogP contribution in [0.4, 0.5) is 35.3 Å². The molecule has 0 radical (unpaired) electrons. The van der Waals surface area contributed by atoms with Crippen LogP contribution in [0.3, 0.4) is 0 Å². The summed E-state index contributed by atoms with van der Waals surface area (Å²) in [6.07, 6.45) is -3.09. The number of carbonyl (C=O) groups is 1. The first-order chi connectivity index (χ1) is 18.4. The fraction of sp³-hybridized carbons (Fsp3) is 0.370. The van der Waals surface area contributed by atoms with Crippen molar-refractivity contribution in [2.45, 2.75) is 39.0 Å². The van der Waals surface area contributed by atoms with Crippen LogP contribution in [-0.4, -0.2) is 57.5 Å². The van der Waals surface area contributed by atoms with Gasteiger partial charge < -0.3 is 21.1 Å². The molecule has 2 amide bonds. The van der Waals surface area contributed by atoms with Crippen LogP contribution in [0.2, 0.25) is 0 Å². The highest BCUT2D eigenvalue weighted by atomic mass is 19.4. The summed E-state index contributed by atoms with van der Waals surface area (Å²) >= 11 is 0. The van der Waals surface area contributed by atoms with Gasteiger partial charge in [0.25, 0.3) is 0 Å². The van der Waals surface area contributed by atoms with Crippen molar-refractivity contribution in [3.8, 4) is 11.6 Å². The number of hydrogen-bond donors (Lipinski definition) is 3. The molecule has 1 aliphatic rings. The Bertz CT molecular complexity index is 1290. The smallest absolute Gasteiger partial charge is 0.416 e. The van der Waals surface area contributed by atoms with Crippen LogP contribution in [0.25, 0.3) is 0 Å². The lowest BCUT2D eigenvalue weighted by atomic mass is 10.0. The van der Waals surface area contributed by atoms with Crippen molar-refractivity contribution in [1.82, 2.24) is 19.8 Å². The van der Waals surface area contributed by atoms with Gasteiger partial charge in [-0.25, -0.2) is 9.78 Å². The minimum absolute atomic E-state index is 0.0273. The molecule has 3 aromatic rings. The summed E-state index contributed by atoms with van der Waals surface area (Å²) in [5.74, 6) is 0.782. The van der Waals surface area contributed by atoms with E-state index >= 15 is 0 Å². The molecule has 39 heavy (non-hydrogen) atoms. The number of alkyl halides is 3. The molecule has 9 nitrogen and oxygen atoms in total. The Morgan fingerprint density at radius 1 is 0.974 bits per heavy atom. The minimum Gasteiger partial charge on any atom is -0.439 e. The second-order valence-corrected chi connectivity index (χ2v) is 10.3. The van der Waals surface area contributed by atoms with Gasteiger partial charge in [-0.15, -0.1) is 0 Å². The molecule has 0 spiro atoms. The van der Waals surface area contributed by atoms with Crippen molar-refractivity contribution < 1.29 is 22.7 Å². The second-order valence-electron chi connectivity index (χ2n) is 10.3. The topological polar surface area (TPSA) is 109 Å². The molecule has 1 saturated heterocycles. The number of anilines is 3. The molecule has 208 valence electrons. The lowest BCUT2D eigenvalue weighted by Crippen LogP contribution is -2.53. The molecule has 0 bridgehead atoms. The highest BCUT2D eigenvalue weighted by Gasteiger charge is 2.35. The third-order valence-corrected chi connectivity index (χ3v) is 6.37. The number of benzene rings is 2. The zero-order valence-electron chi connectivity index (χ0n) is 22.0. The predicted octanol–water partition coefficient (Wildman–Crippen LogP) is 5.43. The second kappa shape index (κ2) is 11.5. The number of nitrogens with one attached hydrogen (secondary N) is 2. The number of urea groups is 1. The Labute approximate surface area is 225 Å². The Morgan fingerprint density at radius 2 is 1.62 bits per heavy atom. The van der Waals surface area contributed by atoms with E-state index in [1.807, 2.05) is 4.90 Å². The van der Waals surface area contributed by atoms with E-state index in [-0.39, 0.29) is 35.2 Å². The third kappa shape index (κ3) is 7.80. The Hall–Kier alpha value is -3.90. The summed E-state index contributed by atoms with van der Waals surface area (Å²) in [4.78, 5) is 24.6. The fourth-order valence-electron chi connectivity index (χ4n) is 4.31. The maximum absolute atomic E-state index is 13.9. The quantitative estimate of drug-likeness (QED) is 0.380. The van der Waals surface area contributed by atoms with Crippen LogP contribution in [0.5, 0.6) is 11.6 Å². The number of amides is 2. The average Bonchev–Trinajstić information content (AvgIpc) is 2.85. The maximum Gasteiger partial charge on any atom is 0.416 e. The van der Waals surface area contributed by atoms with E-state index in [0.29, 0.717) is 24.5 Å². The first-order valence-electron chi connectivity index (χ1n) is 12.5. The van der Waals surface area contributed by atoms with E-state index < -0.39 is 17.8 Å². The molecular formula is C27H32F3N7O2. The zero-order chi connectivity index (χ0) is 28.2. The number of rotatable bonds is 6. The van der Waals surface area contributed by atoms with E-state index in [1.54, 1.807) is 30.3 Å². The van der Waals surface area contributed by atoms with Gasteiger partial charge in [-0.2, -0.15) is 18.2 Å². The predicted molar refractivity (Wildman–Crippen MR) is 144 cm³/mol. The van der Waals surface area contributed by atoms with Gasteiger partial charge in [0.1, 0.15) is 5.75 Å². The summed E-state index contributed by atoms with van der Waals surface area (Å²) in [6, 6.07) is 11.1. The molecule has 4 N–H and O–H groups in total. The fourth-order valence-corrected chi connectivity index (χ4v) is 4.31. The highest BCUT2D eigenvalue weighted by Crippen LogP contribution is 2.35. The van der Waals surface area contributed by atoms with Gasteiger partial charge in [-0.3, -0.25) is 9.80 Å². The number of nitrogens with two attached hydrogens (primary N) is 1. The van der Waals surface area contributed by atoms with Crippen LogP contribution >= 0.6 is 0 Å². The molecule has 2 aromatic carbocycles. The highest BCUT2D eigenvalue weighted by molar-refractivity contribution is 5.99. The van der Waals surface area contributed by atoms with E-state index in [2.05, 4.69) is 46.3 Å². The monoisotopic (exact) mass is 543 g/mol. The number of nitrogens with zero attached hydrogens (tertiary/aromatic N) is 4. The minimum atomic E-state index is -4.55. The van der Waals surface area contributed by atoms with Crippen LogP contribution in [0.1, 0.15) is 31.9 Å². The van der Waals surface area contributed by atoms with Gasteiger partial charge in [-0.05, 0) is 62.7 Å². The molecule has 0 saturated carbocycles. The molecule has 12 heteroatoms.